The van der Waals surface area contributed by atoms with Crippen molar-refractivity contribution < 1.29 is 19.1 Å². The van der Waals surface area contributed by atoms with Crippen LogP contribution in [0.25, 0.3) is 0 Å². The Morgan fingerprint density at radius 2 is 1.59 bits per heavy atom. The predicted molar refractivity (Wildman–Crippen MR) is 84.6 cm³/mol. The van der Waals surface area contributed by atoms with E-state index in [0.29, 0.717) is 0 Å². The molecule has 0 radical (unpaired) electrons. The van der Waals surface area contributed by atoms with Crippen molar-refractivity contribution in [1.82, 2.24) is 5.32 Å². The van der Waals surface area contributed by atoms with E-state index >= 15 is 0 Å². The van der Waals surface area contributed by atoms with Crippen molar-refractivity contribution in [2.75, 3.05) is 7.11 Å². The first-order valence-electron chi connectivity index (χ1n) is 7.21. The minimum atomic E-state index is -0.852. The Balaban J connectivity index is 3.03. The van der Waals surface area contributed by atoms with Crippen LogP contribution in [-0.4, -0.2) is 30.8 Å². The van der Waals surface area contributed by atoms with E-state index in [1.807, 2.05) is 44.2 Å². The van der Waals surface area contributed by atoms with Crippen molar-refractivity contribution in [1.29, 1.82) is 0 Å². The minimum absolute atomic E-state index is 0.514. The van der Waals surface area contributed by atoms with Crippen molar-refractivity contribution in [3.63, 3.8) is 0 Å². The summed E-state index contributed by atoms with van der Waals surface area (Å²) in [6.07, 6.45) is -0.646. The van der Waals surface area contributed by atoms with Gasteiger partial charge in [0.2, 0.25) is 0 Å². The molecule has 0 spiro atoms. The molecule has 0 unspecified atom stereocenters. The zero-order valence-corrected chi connectivity index (χ0v) is 14.1. The van der Waals surface area contributed by atoms with E-state index in [-0.39, 0.29) is 0 Å². The molecule has 1 N–H and O–H groups in total. The van der Waals surface area contributed by atoms with Gasteiger partial charge in [0.15, 0.2) is 0 Å². The number of carbonyl (C=O) groups is 2. The van der Waals surface area contributed by atoms with Gasteiger partial charge < -0.3 is 14.8 Å². The van der Waals surface area contributed by atoms with Crippen LogP contribution in [0.5, 0.6) is 0 Å². The maximum absolute atomic E-state index is 12.1. The SMILES string of the molecule is COC(=O)[C@@H](NC(=O)OC(C)(C)C)C(C)(C)c1ccccc1. The lowest BCUT2D eigenvalue weighted by Crippen LogP contribution is -2.53. The lowest BCUT2D eigenvalue weighted by Gasteiger charge is -2.34. The molecule has 5 nitrogen and oxygen atoms in total. The second-order valence-electron chi connectivity index (χ2n) is 6.69. The number of amides is 1. The lowest BCUT2D eigenvalue weighted by atomic mass is 9.77. The highest BCUT2D eigenvalue weighted by Gasteiger charge is 2.39. The summed E-state index contributed by atoms with van der Waals surface area (Å²) in [7, 11) is 1.30. The summed E-state index contributed by atoms with van der Waals surface area (Å²) in [6.45, 7) is 9.05. The monoisotopic (exact) mass is 307 g/mol. The summed E-state index contributed by atoms with van der Waals surface area (Å²) in [5.74, 6) is -0.514. The molecule has 0 saturated carbocycles. The van der Waals surface area contributed by atoms with Crippen LogP contribution in [0.3, 0.4) is 0 Å². The molecule has 122 valence electrons. The van der Waals surface area contributed by atoms with Crippen LogP contribution in [0, 0.1) is 0 Å². The van der Waals surface area contributed by atoms with Crippen LogP contribution in [0.1, 0.15) is 40.2 Å². The summed E-state index contributed by atoms with van der Waals surface area (Å²) in [5.41, 5.74) is -0.367. The van der Waals surface area contributed by atoms with Crippen LogP contribution < -0.4 is 5.32 Å². The molecule has 5 heteroatoms. The number of ether oxygens (including phenoxy) is 2. The van der Waals surface area contributed by atoms with Gasteiger partial charge in [0.1, 0.15) is 11.6 Å². The first-order chi connectivity index (χ1) is 10.1. The lowest BCUT2D eigenvalue weighted by molar-refractivity contribution is -0.144. The van der Waals surface area contributed by atoms with Crippen molar-refractivity contribution in [2.45, 2.75) is 51.7 Å². The maximum atomic E-state index is 12.1. The molecule has 0 saturated heterocycles. The Morgan fingerprint density at radius 1 is 1.05 bits per heavy atom. The molecular weight excluding hydrogens is 282 g/mol. The average Bonchev–Trinajstić information content (AvgIpc) is 2.43. The number of hydrogen-bond acceptors (Lipinski definition) is 4. The van der Waals surface area contributed by atoms with Crippen LogP contribution >= 0.6 is 0 Å². The molecule has 0 aliphatic heterocycles. The molecule has 0 aliphatic rings. The molecule has 0 bridgehead atoms. The first-order valence-corrected chi connectivity index (χ1v) is 7.21. The van der Waals surface area contributed by atoms with Crippen molar-refractivity contribution in [3.8, 4) is 0 Å². The summed E-state index contributed by atoms with van der Waals surface area (Å²) < 4.78 is 10.1. The molecule has 1 aromatic carbocycles. The molecule has 1 amide bonds. The van der Waals surface area contributed by atoms with Gasteiger partial charge in [-0.3, -0.25) is 0 Å². The van der Waals surface area contributed by atoms with Crippen molar-refractivity contribution in [3.05, 3.63) is 35.9 Å². The molecule has 1 atom stereocenters. The molecule has 1 aromatic rings. The Labute approximate surface area is 132 Å². The highest BCUT2D eigenvalue weighted by atomic mass is 16.6. The number of esters is 1. The Hall–Kier alpha value is -2.04. The quantitative estimate of drug-likeness (QED) is 0.868. The zero-order chi connectivity index (χ0) is 17.0. The van der Waals surface area contributed by atoms with Gasteiger partial charge in [-0.2, -0.15) is 0 Å². The fraction of sp³-hybridized carbons (Fsp3) is 0.529. The Bertz CT molecular complexity index is 517. The summed E-state index contributed by atoms with van der Waals surface area (Å²) >= 11 is 0. The average molecular weight is 307 g/mol. The normalized spacial score (nSPS) is 13.2. The van der Waals surface area contributed by atoms with E-state index in [9.17, 15) is 9.59 Å². The largest absolute Gasteiger partial charge is 0.467 e. The molecule has 1 rings (SSSR count). The van der Waals surface area contributed by atoms with Gasteiger partial charge in [-0.25, -0.2) is 9.59 Å². The van der Waals surface area contributed by atoms with Gasteiger partial charge in [0.25, 0.3) is 0 Å². The topological polar surface area (TPSA) is 64.6 Å². The first kappa shape index (κ1) is 18.0. The van der Waals surface area contributed by atoms with Crippen molar-refractivity contribution >= 4 is 12.1 Å². The number of carbonyl (C=O) groups excluding carboxylic acids is 2. The van der Waals surface area contributed by atoms with Gasteiger partial charge in [0, 0.05) is 5.41 Å². The number of benzene rings is 1. The van der Waals surface area contributed by atoms with E-state index in [1.165, 1.54) is 7.11 Å². The predicted octanol–water partition coefficient (Wildman–Crippen LogP) is 3.03. The van der Waals surface area contributed by atoms with E-state index in [0.717, 1.165) is 5.56 Å². The minimum Gasteiger partial charge on any atom is -0.467 e. The number of hydrogen-bond donors (Lipinski definition) is 1. The van der Waals surface area contributed by atoms with Crippen LogP contribution in [0.15, 0.2) is 30.3 Å². The molecule has 0 heterocycles. The molecular formula is C17H25NO4. The Morgan fingerprint density at radius 3 is 2.05 bits per heavy atom. The fourth-order valence-corrected chi connectivity index (χ4v) is 2.11. The Kier molecular flexibility index (Phi) is 5.58. The van der Waals surface area contributed by atoms with Gasteiger partial charge in [-0.1, -0.05) is 44.2 Å². The van der Waals surface area contributed by atoms with E-state index in [2.05, 4.69) is 5.32 Å². The summed E-state index contributed by atoms with van der Waals surface area (Å²) in [5, 5.41) is 2.63. The standard InChI is InChI=1S/C17H25NO4/c1-16(2,3)22-15(20)18-13(14(19)21-6)17(4,5)12-10-8-7-9-11-12/h7-11,13H,1-6H3,(H,18,20)/t13-/m1/s1. The van der Waals surface area contributed by atoms with E-state index in [1.54, 1.807) is 20.8 Å². The number of nitrogens with one attached hydrogen (secondary N) is 1. The summed E-state index contributed by atoms with van der Waals surface area (Å²) in [4.78, 5) is 24.2. The van der Waals surface area contributed by atoms with Gasteiger partial charge in [0.05, 0.1) is 7.11 Å². The third-order valence-corrected chi connectivity index (χ3v) is 3.34. The van der Waals surface area contributed by atoms with Crippen LogP contribution in [-0.2, 0) is 19.7 Å². The second-order valence-corrected chi connectivity index (χ2v) is 6.69. The maximum Gasteiger partial charge on any atom is 0.408 e. The fourth-order valence-electron chi connectivity index (χ4n) is 2.11. The summed E-state index contributed by atoms with van der Waals surface area (Å²) in [6, 6.07) is 8.64. The second kappa shape index (κ2) is 6.81. The third-order valence-electron chi connectivity index (χ3n) is 3.34. The van der Waals surface area contributed by atoms with Crippen LogP contribution in [0.2, 0.25) is 0 Å². The molecule has 22 heavy (non-hydrogen) atoms. The molecule has 0 fully saturated rings. The highest BCUT2D eigenvalue weighted by Crippen LogP contribution is 2.28. The third kappa shape index (κ3) is 4.76. The number of rotatable bonds is 4. The molecule has 0 aromatic heterocycles. The van der Waals surface area contributed by atoms with Gasteiger partial charge in [-0.15, -0.1) is 0 Å². The number of alkyl carbamates (subject to hydrolysis) is 1. The van der Waals surface area contributed by atoms with Gasteiger partial charge in [-0.05, 0) is 26.3 Å². The number of methoxy groups -OCH3 is 1. The zero-order valence-electron chi connectivity index (χ0n) is 14.1. The molecule has 0 aliphatic carbocycles. The van der Waals surface area contributed by atoms with Gasteiger partial charge >= 0.3 is 12.1 Å². The van der Waals surface area contributed by atoms with Crippen molar-refractivity contribution in [2.24, 2.45) is 0 Å². The van der Waals surface area contributed by atoms with Crippen LogP contribution in [0.4, 0.5) is 4.79 Å². The highest BCUT2D eigenvalue weighted by molar-refractivity contribution is 5.83. The smallest absolute Gasteiger partial charge is 0.408 e. The van der Waals surface area contributed by atoms with E-state index < -0.39 is 29.1 Å². The van der Waals surface area contributed by atoms with E-state index in [4.69, 9.17) is 9.47 Å².